The molecule has 2 aromatic carbocycles. The lowest BCUT2D eigenvalue weighted by Crippen LogP contribution is -1.91. The molecule has 2 heterocycles. The Kier molecular flexibility index (Phi) is 3.90. The van der Waals surface area contributed by atoms with Crippen molar-refractivity contribution in [2.24, 2.45) is 0 Å². The van der Waals surface area contributed by atoms with E-state index in [1.54, 1.807) is 12.4 Å². The van der Waals surface area contributed by atoms with Crippen LogP contribution in [0.2, 0.25) is 0 Å². The van der Waals surface area contributed by atoms with E-state index >= 15 is 0 Å². The second kappa shape index (κ2) is 6.50. The van der Waals surface area contributed by atoms with Crippen LogP contribution in [0.25, 0.3) is 22.8 Å². The lowest BCUT2D eigenvalue weighted by Gasteiger charge is -2.01. The first-order valence-corrected chi connectivity index (χ1v) is 7.89. The maximum Gasteiger partial charge on any atom is 0.227 e. The van der Waals surface area contributed by atoms with E-state index in [9.17, 15) is 0 Å². The van der Waals surface area contributed by atoms with Gasteiger partial charge in [-0.25, -0.2) is 4.98 Å². The molecule has 4 aromatic rings. The molecular formula is C21H16N2O. The van der Waals surface area contributed by atoms with Crippen LogP contribution >= 0.6 is 0 Å². The first kappa shape index (κ1) is 14.4. The quantitative estimate of drug-likeness (QED) is 0.532. The standard InChI is InChI=1S/C21H16N2O/c1-3-7-16(8-4-1)15-19-20(17-9-5-2-6-10-17)24-21(23-19)18-11-13-22-14-12-18/h1-14H,15H2. The van der Waals surface area contributed by atoms with E-state index in [0.717, 1.165) is 29.0 Å². The third kappa shape index (κ3) is 2.97. The summed E-state index contributed by atoms with van der Waals surface area (Å²) in [6.45, 7) is 0. The van der Waals surface area contributed by atoms with Crippen LogP contribution in [0.1, 0.15) is 11.3 Å². The van der Waals surface area contributed by atoms with Gasteiger partial charge in [0.25, 0.3) is 0 Å². The zero-order valence-corrected chi connectivity index (χ0v) is 13.1. The molecule has 0 aliphatic rings. The predicted octanol–water partition coefficient (Wildman–Crippen LogP) is 4.99. The van der Waals surface area contributed by atoms with E-state index in [0.29, 0.717) is 5.89 Å². The van der Waals surface area contributed by atoms with Crippen LogP contribution in [-0.4, -0.2) is 9.97 Å². The molecule has 0 radical (unpaired) electrons. The van der Waals surface area contributed by atoms with Crippen LogP contribution in [0.3, 0.4) is 0 Å². The lowest BCUT2D eigenvalue weighted by molar-refractivity contribution is 0.587. The smallest absolute Gasteiger partial charge is 0.227 e. The van der Waals surface area contributed by atoms with Crippen molar-refractivity contribution in [1.29, 1.82) is 0 Å². The van der Waals surface area contributed by atoms with Crippen LogP contribution < -0.4 is 0 Å². The van der Waals surface area contributed by atoms with Crippen LogP contribution in [0.4, 0.5) is 0 Å². The summed E-state index contributed by atoms with van der Waals surface area (Å²) in [4.78, 5) is 8.81. The Morgan fingerprint density at radius 3 is 2.08 bits per heavy atom. The number of nitrogens with zero attached hydrogens (tertiary/aromatic N) is 2. The normalized spacial score (nSPS) is 10.7. The fraction of sp³-hybridized carbons (Fsp3) is 0.0476. The average molecular weight is 312 g/mol. The monoisotopic (exact) mass is 312 g/mol. The number of hydrogen-bond acceptors (Lipinski definition) is 3. The van der Waals surface area contributed by atoms with Gasteiger partial charge in [0, 0.05) is 29.9 Å². The Labute approximate surface area is 140 Å². The summed E-state index contributed by atoms with van der Waals surface area (Å²) in [6, 6.07) is 24.3. The largest absolute Gasteiger partial charge is 0.436 e. The minimum absolute atomic E-state index is 0.627. The molecule has 0 saturated heterocycles. The number of pyridine rings is 1. The van der Waals surface area contributed by atoms with Crippen molar-refractivity contribution >= 4 is 0 Å². The molecule has 2 aromatic heterocycles. The first-order chi connectivity index (χ1) is 11.9. The molecule has 0 spiro atoms. The molecule has 0 N–H and O–H groups in total. The van der Waals surface area contributed by atoms with E-state index in [1.807, 2.05) is 60.7 Å². The second-order valence-corrected chi connectivity index (χ2v) is 5.56. The van der Waals surface area contributed by atoms with Crippen LogP contribution in [-0.2, 0) is 6.42 Å². The van der Waals surface area contributed by atoms with Gasteiger partial charge in [0.15, 0.2) is 5.76 Å². The molecule has 0 amide bonds. The van der Waals surface area contributed by atoms with Gasteiger partial charge < -0.3 is 4.42 Å². The van der Waals surface area contributed by atoms with Crippen LogP contribution in [0.15, 0.2) is 89.6 Å². The fourth-order valence-electron chi connectivity index (χ4n) is 2.69. The van der Waals surface area contributed by atoms with Gasteiger partial charge in [0.2, 0.25) is 5.89 Å². The van der Waals surface area contributed by atoms with E-state index < -0.39 is 0 Å². The van der Waals surface area contributed by atoms with Crippen molar-refractivity contribution < 1.29 is 4.42 Å². The predicted molar refractivity (Wildman–Crippen MR) is 94.4 cm³/mol. The van der Waals surface area contributed by atoms with Gasteiger partial charge in [-0.15, -0.1) is 0 Å². The van der Waals surface area contributed by atoms with Gasteiger partial charge >= 0.3 is 0 Å². The molecule has 0 saturated carbocycles. The molecule has 3 heteroatoms. The Hall–Kier alpha value is -3.20. The molecular weight excluding hydrogens is 296 g/mol. The van der Waals surface area contributed by atoms with Gasteiger partial charge in [-0.05, 0) is 17.7 Å². The number of benzene rings is 2. The van der Waals surface area contributed by atoms with E-state index in [-0.39, 0.29) is 0 Å². The molecule has 116 valence electrons. The van der Waals surface area contributed by atoms with Crippen molar-refractivity contribution in [1.82, 2.24) is 9.97 Å². The van der Waals surface area contributed by atoms with Gasteiger partial charge in [0.05, 0.1) is 5.69 Å². The molecule has 3 nitrogen and oxygen atoms in total. The number of aromatic nitrogens is 2. The van der Waals surface area contributed by atoms with Crippen molar-refractivity contribution in [2.45, 2.75) is 6.42 Å². The highest BCUT2D eigenvalue weighted by atomic mass is 16.4. The van der Waals surface area contributed by atoms with E-state index in [1.165, 1.54) is 5.56 Å². The van der Waals surface area contributed by atoms with Gasteiger partial charge in [-0.2, -0.15) is 0 Å². The van der Waals surface area contributed by atoms with Gasteiger partial charge in [-0.1, -0.05) is 60.7 Å². The van der Waals surface area contributed by atoms with E-state index in [4.69, 9.17) is 9.40 Å². The Morgan fingerprint density at radius 2 is 1.38 bits per heavy atom. The second-order valence-electron chi connectivity index (χ2n) is 5.56. The number of hydrogen-bond donors (Lipinski definition) is 0. The molecule has 0 fully saturated rings. The van der Waals surface area contributed by atoms with Crippen molar-refractivity contribution in [3.63, 3.8) is 0 Å². The average Bonchev–Trinajstić information content (AvgIpc) is 3.08. The maximum atomic E-state index is 6.12. The van der Waals surface area contributed by atoms with E-state index in [2.05, 4.69) is 17.1 Å². The summed E-state index contributed by atoms with van der Waals surface area (Å²) in [5.41, 5.74) is 4.13. The molecule has 4 rings (SSSR count). The van der Waals surface area contributed by atoms with Crippen LogP contribution in [0.5, 0.6) is 0 Å². The highest BCUT2D eigenvalue weighted by Gasteiger charge is 2.16. The number of oxazole rings is 1. The molecule has 24 heavy (non-hydrogen) atoms. The molecule has 0 unspecified atom stereocenters. The van der Waals surface area contributed by atoms with Gasteiger partial charge in [-0.3, -0.25) is 4.98 Å². The fourth-order valence-corrected chi connectivity index (χ4v) is 2.69. The van der Waals surface area contributed by atoms with Gasteiger partial charge in [0.1, 0.15) is 0 Å². The maximum absolute atomic E-state index is 6.12. The summed E-state index contributed by atoms with van der Waals surface area (Å²) < 4.78 is 6.12. The molecule has 0 aliphatic heterocycles. The third-order valence-corrected chi connectivity index (χ3v) is 3.87. The lowest BCUT2D eigenvalue weighted by atomic mass is 10.1. The van der Waals surface area contributed by atoms with Crippen molar-refractivity contribution in [3.8, 4) is 22.8 Å². The molecule has 0 atom stereocenters. The molecule has 0 aliphatic carbocycles. The summed E-state index contributed by atoms with van der Waals surface area (Å²) in [5.74, 6) is 1.45. The first-order valence-electron chi connectivity index (χ1n) is 7.89. The highest BCUT2D eigenvalue weighted by molar-refractivity contribution is 5.64. The Bertz CT molecular complexity index is 916. The topological polar surface area (TPSA) is 38.9 Å². The zero-order chi connectivity index (χ0) is 16.2. The van der Waals surface area contributed by atoms with Crippen molar-refractivity contribution in [3.05, 3.63) is 96.4 Å². The SMILES string of the molecule is c1ccc(Cc2nc(-c3ccncc3)oc2-c2ccccc2)cc1. The summed E-state index contributed by atoms with van der Waals surface area (Å²) >= 11 is 0. The third-order valence-electron chi connectivity index (χ3n) is 3.87. The van der Waals surface area contributed by atoms with Crippen molar-refractivity contribution in [2.75, 3.05) is 0 Å². The Balaban J connectivity index is 1.80. The Morgan fingerprint density at radius 1 is 0.708 bits per heavy atom. The highest BCUT2D eigenvalue weighted by Crippen LogP contribution is 2.30. The summed E-state index contributed by atoms with van der Waals surface area (Å²) in [6.07, 6.45) is 4.23. The molecule has 0 bridgehead atoms. The van der Waals surface area contributed by atoms with Crippen LogP contribution in [0, 0.1) is 0 Å². The summed E-state index contributed by atoms with van der Waals surface area (Å²) in [5, 5.41) is 0. The summed E-state index contributed by atoms with van der Waals surface area (Å²) in [7, 11) is 0. The zero-order valence-electron chi connectivity index (χ0n) is 13.1. The minimum Gasteiger partial charge on any atom is -0.436 e. The number of rotatable bonds is 4. The minimum atomic E-state index is 0.627.